The molecule has 0 fully saturated rings. The minimum atomic E-state index is -0.251. The van der Waals surface area contributed by atoms with E-state index in [4.69, 9.17) is 5.11 Å². The monoisotopic (exact) mass is 510 g/mol. The van der Waals surface area contributed by atoms with Crippen molar-refractivity contribution in [3.63, 3.8) is 0 Å². The predicted molar refractivity (Wildman–Crippen MR) is 153 cm³/mol. The maximum atomic E-state index is 13.2. The van der Waals surface area contributed by atoms with Gasteiger partial charge in [0.25, 0.3) is 11.5 Å². The van der Waals surface area contributed by atoms with E-state index in [1.54, 1.807) is 13.2 Å². The van der Waals surface area contributed by atoms with E-state index in [1.165, 1.54) is 4.57 Å². The van der Waals surface area contributed by atoms with Crippen molar-refractivity contribution in [1.82, 2.24) is 9.55 Å². The Morgan fingerprint density at radius 2 is 1.76 bits per heavy atom. The van der Waals surface area contributed by atoms with Crippen molar-refractivity contribution in [2.24, 2.45) is 7.05 Å². The molecule has 7 heteroatoms. The molecule has 0 aliphatic heterocycles. The number of nitrogens with one attached hydrogen (secondary N) is 2. The molecule has 38 heavy (non-hydrogen) atoms. The van der Waals surface area contributed by atoms with E-state index in [0.717, 1.165) is 47.2 Å². The number of rotatable bonds is 10. The zero-order chi connectivity index (χ0) is 27.1. The van der Waals surface area contributed by atoms with Gasteiger partial charge in [0, 0.05) is 42.4 Å². The summed E-state index contributed by atoms with van der Waals surface area (Å²) in [5.41, 5.74) is 6.20. The van der Waals surface area contributed by atoms with Crippen molar-refractivity contribution in [3.8, 4) is 11.3 Å². The molecule has 1 aromatic heterocycles. The van der Waals surface area contributed by atoms with Crippen LogP contribution in [0.25, 0.3) is 11.3 Å². The SMILES string of the molecule is CCCCc1ccccc1C(=O)Nc1cccc(-c2cn(C)c(=O)c(Nc3ccc(CCO)cc3)n2)c1C. The third kappa shape index (κ3) is 6.18. The second-order valence-electron chi connectivity index (χ2n) is 9.38. The summed E-state index contributed by atoms with van der Waals surface area (Å²) in [6.45, 7) is 4.16. The predicted octanol–water partition coefficient (Wildman–Crippen LogP) is 5.63. The van der Waals surface area contributed by atoms with Crippen LogP contribution in [0.2, 0.25) is 0 Å². The molecule has 1 heterocycles. The fourth-order valence-electron chi connectivity index (χ4n) is 4.40. The number of benzene rings is 3. The van der Waals surface area contributed by atoms with Gasteiger partial charge >= 0.3 is 0 Å². The highest BCUT2D eigenvalue weighted by Gasteiger charge is 2.16. The van der Waals surface area contributed by atoms with Gasteiger partial charge in [0.2, 0.25) is 0 Å². The summed E-state index contributed by atoms with van der Waals surface area (Å²) in [5.74, 6) is 0.0657. The van der Waals surface area contributed by atoms with Gasteiger partial charge in [-0.1, -0.05) is 55.8 Å². The third-order valence-corrected chi connectivity index (χ3v) is 6.61. The lowest BCUT2D eigenvalue weighted by molar-refractivity contribution is 0.102. The first kappa shape index (κ1) is 26.8. The van der Waals surface area contributed by atoms with Crippen molar-refractivity contribution in [1.29, 1.82) is 0 Å². The Hall–Kier alpha value is -4.23. The first-order chi connectivity index (χ1) is 18.4. The summed E-state index contributed by atoms with van der Waals surface area (Å²) in [7, 11) is 1.69. The minimum absolute atomic E-state index is 0.0845. The first-order valence-corrected chi connectivity index (χ1v) is 12.9. The standard InChI is InChI=1S/C31H34N4O3/c1-4-5-9-23-10-6-7-11-26(23)30(37)34-27-13-8-12-25(21(27)2)28-20-35(3)31(38)29(33-28)32-24-16-14-22(15-17-24)18-19-36/h6-8,10-17,20,36H,4-5,9,18-19H2,1-3H3,(H,32,33)(H,34,37). The molecule has 0 radical (unpaired) electrons. The number of aliphatic hydroxyl groups is 1. The highest BCUT2D eigenvalue weighted by atomic mass is 16.3. The van der Waals surface area contributed by atoms with Crippen molar-refractivity contribution in [2.75, 3.05) is 17.2 Å². The zero-order valence-electron chi connectivity index (χ0n) is 22.1. The van der Waals surface area contributed by atoms with E-state index < -0.39 is 0 Å². The van der Waals surface area contributed by atoms with Gasteiger partial charge in [-0.2, -0.15) is 0 Å². The number of carbonyl (C=O) groups is 1. The zero-order valence-corrected chi connectivity index (χ0v) is 22.1. The summed E-state index contributed by atoms with van der Waals surface area (Å²) in [4.78, 5) is 30.7. The lowest BCUT2D eigenvalue weighted by atomic mass is 10.0. The molecule has 0 saturated carbocycles. The lowest BCUT2D eigenvalue weighted by Gasteiger charge is -2.15. The minimum Gasteiger partial charge on any atom is -0.396 e. The number of amides is 1. The van der Waals surface area contributed by atoms with Gasteiger partial charge in [-0.3, -0.25) is 9.59 Å². The summed E-state index contributed by atoms with van der Waals surface area (Å²) >= 11 is 0. The van der Waals surface area contributed by atoms with Crippen molar-refractivity contribution >= 4 is 23.1 Å². The number of aromatic nitrogens is 2. The van der Waals surface area contributed by atoms with Crippen LogP contribution in [-0.4, -0.2) is 27.2 Å². The second kappa shape index (κ2) is 12.3. The smallest absolute Gasteiger partial charge is 0.293 e. The number of hydrogen-bond acceptors (Lipinski definition) is 5. The summed E-state index contributed by atoms with van der Waals surface area (Å²) in [5, 5.41) is 15.3. The van der Waals surface area contributed by atoms with Crippen molar-refractivity contribution in [3.05, 3.63) is 106 Å². The Balaban J connectivity index is 1.62. The number of nitrogens with zero attached hydrogens (tertiary/aromatic N) is 2. The van der Waals surface area contributed by atoms with Gasteiger partial charge in [-0.15, -0.1) is 0 Å². The largest absolute Gasteiger partial charge is 0.396 e. The van der Waals surface area contributed by atoms with E-state index in [9.17, 15) is 9.59 Å². The van der Waals surface area contributed by atoms with E-state index in [2.05, 4.69) is 22.5 Å². The number of carbonyl (C=O) groups excluding carboxylic acids is 1. The van der Waals surface area contributed by atoms with Crippen LogP contribution < -0.4 is 16.2 Å². The quantitative estimate of drug-likeness (QED) is 0.257. The molecule has 0 atom stereocenters. The topological polar surface area (TPSA) is 96.2 Å². The molecule has 1 amide bonds. The molecule has 4 aromatic rings. The molecule has 0 aliphatic carbocycles. The Labute approximate surface area is 223 Å². The fourth-order valence-corrected chi connectivity index (χ4v) is 4.40. The van der Waals surface area contributed by atoms with Crippen LogP contribution >= 0.6 is 0 Å². The highest BCUT2D eigenvalue weighted by molar-refractivity contribution is 6.06. The number of aryl methyl sites for hydroxylation is 2. The molecule has 0 bridgehead atoms. The molecule has 0 saturated heterocycles. The number of anilines is 3. The normalized spacial score (nSPS) is 10.8. The number of unbranched alkanes of at least 4 members (excludes halogenated alkanes) is 1. The van der Waals surface area contributed by atoms with E-state index in [-0.39, 0.29) is 23.9 Å². The van der Waals surface area contributed by atoms with Crippen LogP contribution in [0.1, 0.15) is 46.8 Å². The molecular weight excluding hydrogens is 476 g/mol. The summed E-state index contributed by atoms with van der Waals surface area (Å²) < 4.78 is 1.50. The van der Waals surface area contributed by atoms with E-state index in [0.29, 0.717) is 23.4 Å². The molecule has 3 N–H and O–H groups in total. The van der Waals surface area contributed by atoms with Crippen LogP contribution in [-0.2, 0) is 19.9 Å². The molecule has 0 spiro atoms. The van der Waals surface area contributed by atoms with Crippen molar-refractivity contribution < 1.29 is 9.90 Å². The maximum Gasteiger partial charge on any atom is 0.293 e. The van der Waals surface area contributed by atoms with Crippen molar-refractivity contribution in [2.45, 2.75) is 39.5 Å². The molecule has 3 aromatic carbocycles. The Morgan fingerprint density at radius 1 is 1.00 bits per heavy atom. The lowest BCUT2D eigenvalue weighted by Crippen LogP contribution is -2.21. The highest BCUT2D eigenvalue weighted by Crippen LogP contribution is 2.28. The fraction of sp³-hybridized carbons (Fsp3) is 0.258. The molecule has 196 valence electrons. The Morgan fingerprint density at radius 3 is 2.50 bits per heavy atom. The van der Waals surface area contributed by atoms with Gasteiger partial charge < -0.3 is 20.3 Å². The van der Waals surface area contributed by atoms with Crippen LogP contribution in [0.4, 0.5) is 17.2 Å². The van der Waals surface area contributed by atoms with Crippen LogP contribution in [0.15, 0.2) is 77.7 Å². The van der Waals surface area contributed by atoms with Crippen LogP contribution in [0, 0.1) is 6.92 Å². The summed E-state index contributed by atoms with van der Waals surface area (Å²) in [6, 6.07) is 20.9. The molecule has 7 nitrogen and oxygen atoms in total. The van der Waals surface area contributed by atoms with Gasteiger partial charge in [0.15, 0.2) is 5.82 Å². The van der Waals surface area contributed by atoms with Crippen LogP contribution in [0.3, 0.4) is 0 Å². The summed E-state index contributed by atoms with van der Waals surface area (Å²) in [6.07, 6.45) is 5.23. The molecule has 0 aliphatic rings. The Bertz CT molecular complexity index is 1480. The number of aliphatic hydroxyl groups excluding tert-OH is 1. The maximum absolute atomic E-state index is 13.2. The van der Waals surface area contributed by atoms with E-state index >= 15 is 0 Å². The van der Waals surface area contributed by atoms with E-state index in [1.807, 2.05) is 73.7 Å². The van der Waals surface area contributed by atoms with Gasteiger partial charge in [-0.25, -0.2) is 4.98 Å². The molecule has 4 rings (SSSR count). The molecular formula is C31H34N4O3. The first-order valence-electron chi connectivity index (χ1n) is 12.9. The number of hydrogen-bond donors (Lipinski definition) is 3. The Kier molecular flexibility index (Phi) is 8.71. The average molecular weight is 511 g/mol. The van der Waals surface area contributed by atoms with Crippen LogP contribution in [0.5, 0.6) is 0 Å². The van der Waals surface area contributed by atoms with Gasteiger partial charge in [0.05, 0.1) is 5.69 Å². The average Bonchev–Trinajstić information content (AvgIpc) is 2.92. The van der Waals surface area contributed by atoms with Gasteiger partial charge in [0.1, 0.15) is 0 Å². The second-order valence-corrected chi connectivity index (χ2v) is 9.38. The molecule has 0 unspecified atom stereocenters. The third-order valence-electron chi connectivity index (χ3n) is 6.61. The van der Waals surface area contributed by atoms with Gasteiger partial charge in [-0.05, 0) is 67.1 Å².